The van der Waals surface area contributed by atoms with Gasteiger partial charge < -0.3 is 9.80 Å². The zero-order valence-electron chi connectivity index (χ0n) is 12.0. The largest absolute Gasteiger partial charge is 0.435 e. The number of fused-ring (bicyclic) bond motifs is 2. The molecule has 0 spiro atoms. The van der Waals surface area contributed by atoms with E-state index in [0.717, 1.165) is 45.0 Å². The lowest BCUT2D eigenvalue weighted by Gasteiger charge is -2.29. The van der Waals surface area contributed by atoms with Crippen LogP contribution in [0.15, 0.2) is 12.1 Å². The highest BCUT2D eigenvalue weighted by atomic mass is 19.4. The Kier molecular flexibility index (Phi) is 3.77. The molecule has 21 heavy (non-hydrogen) atoms. The van der Waals surface area contributed by atoms with Crippen LogP contribution in [0.3, 0.4) is 0 Å². The average Bonchev–Trinajstić information content (AvgIpc) is 2.73. The summed E-state index contributed by atoms with van der Waals surface area (Å²) in [6.07, 6.45) is -1.23. The van der Waals surface area contributed by atoms with Gasteiger partial charge in [0.25, 0.3) is 0 Å². The number of halogens is 3. The molecular formula is C14H19F3N4. The fourth-order valence-electron chi connectivity index (χ4n) is 3.42. The second-order valence-electron chi connectivity index (χ2n) is 5.75. The molecule has 2 unspecified atom stereocenters. The van der Waals surface area contributed by atoms with Gasteiger partial charge in [-0.05, 0) is 37.9 Å². The van der Waals surface area contributed by atoms with E-state index < -0.39 is 11.9 Å². The molecule has 0 radical (unpaired) electrons. The van der Waals surface area contributed by atoms with Crippen molar-refractivity contribution in [2.75, 3.05) is 24.5 Å². The summed E-state index contributed by atoms with van der Waals surface area (Å²) >= 11 is 0. The molecule has 0 amide bonds. The summed E-state index contributed by atoms with van der Waals surface area (Å²) in [6, 6.07) is 3.20. The zero-order chi connectivity index (χ0) is 15.0. The molecule has 2 aliphatic rings. The smallest absolute Gasteiger partial charge is 0.348 e. The van der Waals surface area contributed by atoms with E-state index in [1.165, 1.54) is 6.07 Å². The van der Waals surface area contributed by atoms with Crippen LogP contribution in [0.2, 0.25) is 0 Å². The van der Waals surface area contributed by atoms with Crippen molar-refractivity contribution in [2.24, 2.45) is 0 Å². The highest BCUT2D eigenvalue weighted by molar-refractivity contribution is 5.43. The fraction of sp³-hybridized carbons (Fsp3) is 0.714. The van der Waals surface area contributed by atoms with Gasteiger partial charge in [0, 0.05) is 25.2 Å². The van der Waals surface area contributed by atoms with Crippen LogP contribution in [-0.2, 0) is 6.18 Å². The van der Waals surface area contributed by atoms with E-state index in [1.807, 2.05) is 0 Å². The lowest BCUT2D eigenvalue weighted by Crippen LogP contribution is -2.39. The van der Waals surface area contributed by atoms with E-state index >= 15 is 0 Å². The van der Waals surface area contributed by atoms with Gasteiger partial charge in [0.15, 0.2) is 11.5 Å². The van der Waals surface area contributed by atoms with Crippen molar-refractivity contribution in [3.05, 3.63) is 17.8 Å². The van der Waals surface area contributed by atoms with E-state index in [-0.39, 0.29) is 0 Å². The molecule has 3 rings (SSSR count). The van der Waals surface area contributed by atoms with Crippen LogP contribution in [0.25, 0.3) is 0 Å². The van der Waals surface area contributed by atoms with Crippen molar-refractivity contribution in [1.82, 2.24) is 15.1 Å². The molecule has 0 N–H and O–H groups in total. The maximum atomic E-state index is 12.6. The van der Waals surface area contributed by atoms with Crippen molar-refractivity contribution >= 4 is 5.82 Å². The number of rotatable bonds is 2. The normalized spacial score (nSPS) is 27.0. The van der Waals surface area contributed by atoms with Gasteiger partial charge in [0.1, 0.15) is 0 Å². The zero-order valence-corrected chi connectivity index (χ0v) is 12.0. The third kappa shape index (κ3) is 2.84. The van der Waals surface area contributed by atoms with Crippen LogP contribution in [0.5, 0.6) is 0 Å². The van der Waals surface area contributed by atoms with Gasteiger partial charge in [-0.25, -0.2) is 0 Å². The Morgan fingerprint density at radius 1 is 1.14 bits per heavy atom. The predicted molar refractivity (Wildman–Crippen MR) is 73.1 cm³/mol. The minimum atomic E-state index is -4.43. The summed E-state index contributed by atoms with van der Waals surface area (Å²) in [5, 5.41) is 7.20. The van der Waals surface area contributed by atoms with E-state index in [9.17, 15) is 13.2 Å². The molecule has 116 valence electrons. The SMILES string of the molecule is CCN1CCC2CCC(C1)N2c1ccc(C(F)(F)F)nn1. The lowest BCUT2D eigenvalue weighted by atomic mass is 10.1. The van der Waals surface area contributed by atoms with Crippen LogP contribution < -0.4 is 4.90 Å². The number of nitrogens with zero attached hydrogens (tertiary/aromatic N) is 4. The van der Waals surface area contributed by atoms with Gasteiger partial charge in [0.2, 0.25) is 0 Å². The van der Waals surface area contributed by atoms with Crippen LogP contribution >= 0.6 is 0 Å². The van der Waals surface area contributed by atoms with Crippen LogP contribution in [-0.4, -0.2) is 46.8 Å². The quantitative estimate of drug-likeness (QED) is 0.840. The number of likely N-dealkylation sites (tertiary alicyclic amines) is 1. The molecule has 1 aromatic heterocycles. The molecule has 0 saturated carbocycles. The van der Waals surface area contributed by atoms with Gasteiger partial charge in [0.05, 0.1) is 0 Å². The van der Waals surface area contributed by atoms with Crippen LogP contribution in [0.1, 0.15) is 31.9 Å². The number of alkyl halides is 3. The average molecular weight is 300 g/mol. The Morgan fingerprint density at radius 3 is 2.52 bits per heavy atom. The minimum absolute atomic E-state index is 0.337. The van der Waals surface area contributed by atoms with E-state index in [2.05, 4.69) is 26.9 Å². The highest BCUT2D eigenvalue weighted by Crippen LogP contribution is 2.34. The Labute approximate surface area is 121 Å². The number of hydrogen-bond donors (Lipinski definition) is 0. The van der Waals surface area contributed by atoms with Gasteiger partial charge in [-0.1, -0.05) is 6.92 Å². The molecule has 2 bridgehead atoms. The first kappa shape index (κ1) is 14.6. The second kappa shape index (κ2) is 5.44. The molecule has 2 saturated heterocycles. The molecule has 2 atom stereocenters. The molecule has 2 aliphatic heterocycles. The van der Waals surface area contributed by atoms with Crippen molar-refractivity contribution in [3.63, 3.8) is 0 Å². The van der Waals surface area contributed by atoms with E-state index in [4.69, 9.17) is 0 Å². The topological polar surface area (TPSA) is 32.3 Å². The van der Waals surface area contributed by atoms with E-state index in [1.54, 1.807) is 0 Å². The summed E-state index contributed by atoms with van der Waals surface area (Å²) in [5.74, 6) is 0.577. The third-order valence-electron chi connectivity index (χ3n) is 4.52. The first-order valence-electron chi connectivity index (χ1n) is 7.40. The van der Waals surface area contributed by atoms with Crippen LogP contribution in [0, 0.1) is 0 Å². The summed E-state index contributed by atoms with van der Waals surface area (Å²) < 4.78 is 37.7. The van der Waals surface area contributed by atoms with Gasteiger partial charge in [-0.15, -0.1) is 10.2 Å². The Bertz CT molecular complexity index is 488. The molecule has 2 fully saturated rings. The molecule has 7 heteroatoms. The lowest BCUT2D eigenvalue weighted by molar-refractivity contribution is -0.141. The Balaban J connectivity index is 1.83. The standard InChI is InChI=1S/C14H19F3N4/c1-2-20-8-7-10-3-4-11(9-20)21(10)13-6-5-12(18-19-13)14(15,16)17/h5-6,10-11H,2-4,7-9H2,1H3. The van der Waals surface area contributed by atoms with Crippen molar-refractivity contribution in [3.8, 4) is 0 Å². The minimum Gasteiger partial charge on any atom is -0.348 e. The fourth-order valence-corrected chi connectivity index (χ4v) is 3.42. The molecule has 0 aromatic carbocycles. The maximum absolute atomic E-state index is 12.6. The Morgan fingerprint density at radius 2 is 1.90 bits per heavy atom. The summed E-state index contributed by atoms with van der Waals surface area (Å²) in [4.78, 5) is 4.58. The summed E-state index contributed by atoms with van der Waals surface area (Å²) in [7, 11) is 0. The molecule has 1 aromatic rings. The summed E-state index contributed by atoms with van der Waals surface area (Å²) in [6.45, 7) is 5.15. The number of anilines is 1. The maximum Gasteiger partial charge on any atom is 0.435 e. The first-order chi connectivity index (χ1) is 9.99. The van der Waals surface area contributed by atoms with Gasteiger partial charge in [-0.2, -0.15) is 13.2 Å². The van der Waals surface area contributed by atoms with Crippen molar-refractivity contribution in [1.29, 1.82) is 0 Å². The third-order valence-corrected chi connectivity index (χ3v) is 4.52. The number of hydrogen-bond acceptors (Lipinski definition) is 4. The monoisotopic (exact) mass is 300 g/mol. The molecule has 4 nitrogen and oxygen atoms in total. The van der Waals surface area contributed by atoms with Gasteiger partial charge >= 0.3 is 6.18 Å². The number of aromatic nitrogens is 2. The molecular weight excluding hydrogens is 281 g/mol. The highest BCUT2D eigenvalue weighted by Gasteiger charge is 2.38. The second-order valence-corrected chi connectivity index (χ2v) is 5.75. The Hall–Kier alpha value is -1.37. The summed E-state index contributed by atoms with van der Waals surface area (Å²) in [5.41, 5.74) is -0.927. The van der Waals surface area contributed by atoms with E-state index in [0.29, 0.717) is 17.9 Å². The molecule has 3 heterocycles. The molecule has 0 aliphatic carbocycles. The van der Waals surface area contributed by atoms with Crippen molar-refractivity contribution < 1.29 is 13.2 Å². The van der Waals surface area contributed by atoms with Gasteiger partial charge in [-0.3, -0.25) is 0 Å². The predicted octanol–water partition coefficient (Wildman–Crippen LogP) is 2.56. The number of likely N-dealkylation sites (N-methyl/N-ethyl adjacent to an activating group) is 1. The van der Waals surface area contributed by atoms with Crippen molar-refractivity contribution in [2.45, 2.75) is 44.4 Å². The van der Waals surface area contributed by atoms with Crippen LogP contribution in [0.4, 0.5) is 19.0 Å². The first-order valence-corrected chi connectivity index (χ1v) is 7.40.